The maximum Gasteiger partial charge on any atom is 0.224 e. The van der Waals surface area contributed by atoms with Gasteiger partial charge in [-0.05, 0) is 19.9 Å². The molecule has 4 nitrogen and oxygen atoms in total. The number of aromatic amines is 1. The molecule has 2 atom stereocenters. The van der Waals surface area contributed by atoms with Crippen molar-refractivity contribution in [1.82, 2.24) is 15.1 Å². The van der Waals surface area contributed by atoms with Crippen molar-refractivity contribution in [2.45, 2.75) is 38.0 Å². The summed E-state index contributed by atoms with van der Waals surface area (Å²) in [6.07, 6.45) is 1.36. The average Bonchev–Trinajstić information content (AvgIpc) is 2.73. The minimum atomic E-state index is 0.191. The number of hydrogen-bond acceptors (Lipinski definition) is 3. The zero-order valence-electron chi connectivity index (χ0n) is 9.60. The number of carbonyl (C=O) groups is 1. The first-order valence-electron chi connectivity index (χ1n) is 5.54. The van der Waals surface area contributed by atoms with Crippen LogP contribution in [0.1, 0.15) is 24.7 Å². The summed E-state index contributed by atoms with van der Waals surface area (Å²) in [6, 6.07) is 2.22. The molecular weight excluding hydrogens is 222 g/mol. The molecule has 1 fully saturated rings. The smallest absolute Gasteiger partial charge is 0.224 e. The van der Waals surface area contributed by atoms with Crippen LogP contribution in [0.2, 0.25) is 0 Å². The number of amides is 1. The van der Waals surface area contributed by atoms with Crippen molar-refractivity contribution in [3.05, 3.63) is 17.5 Å². The van der Waals surface area contributed by atoms with E-state index in [4.69, 9.17) is 0 Å². The molecule has 2 heterocycles. The summed E-state index contributed by atoms with van der Waals surface area (Å²) in [6.45, 7) is 4.80. The maximum absolute atomic E-state index is 11.7. The van der Waals surface area contributed by atoms with Crippen LogP contribution >= 0.6 is 12.6 Å². The number of nitrogens with zero attached hydrogens (tertiary/aromatic N) is 2. The Balaban J connectivity index is 1.98. The van der Waals surface area contributed by atoms with Gasteiger partial charge in [-0.25, -0.2) is 0 Å². The zero-order valence-corrected chi connectivity index (χ0v) is 10.5. The third kappa shape index (κ3) is 2.40. The van der Waals surface area contributed by atoms with Crippen molar-refractivity contribution in [3.63, 3.8) is 0 Å². The highest BCUT2D eigenvalue weighted by atomic mass is 32.1. The van der Waals surface area contributed by atoms with E-state index in [1.165, 1.54) is 0 Å². The maximum atomic E-state index is 11.7. The van der Waals surface area contributed by atoms with Crippen LogP contribution in [0.25, 0.3) is 0 Å². The Morgan fingerprint density at radius 3 is 3.00 bits per heavy atom. The van der Waals surface area contributed by atoms with Crippen LogP contribution < -0.4 is 0 Å². The standard InChI is InChI=1S/C11H17N3OS/c1-7-3-9(13-12-7)4-8(2)14-6-10(16)5-11(14)15/h3,8,10,16H,4-6H2,1-2H3,(H,12,13). The molecule has 2 unspecified atom stereocenters. The first kappa shape index (κ1) is 11.5. The molecule has 1 N–H and O–H groups in total. The average molecular weight is 239 g/mol. The molecular formula is C11H17N3OS. The summed E-state index contributed by atoms with van der Waals surface area (Å²) >= 11 is 4.35. The number of nitrogens with one attached hydrogen (secondary N) is 1. The lowest BCUT2D eigenvalue weighted by Crippen LogP contribution is -2.36. The molecule has 1 saturated heterocycles. The molecule has 0 aromatic carbocycles. The van der Waals surface area contributed by atoms with Gasteiger partial charge in [0.05, 0.1) is 5.69 Å². The van der Waals surface area contributed by atoms with E-state index in [1.807, 2.05) is 17.9 Å². The number of likely N-dealkylation sites (tertiary alicyclic amines) is 1. The van der Waals surface area contributed by atoms with E-state index in [2.05, 4.69) is 29.7 Å². The van der Waals surface area contributed by atoms with Crippen molar-refractivity contribution in [2.24, 2.45) is 0 Å². The van der Waals surface area contributed by atoms with E-state index in [0.717, 1.165) is 24.4 Å². The number of rotatable bonds is 3. The van der Waals surface area contributed by atoms with Gasteiger partial charge in [-0.1, -0.05) is 0 Å². The molecule has 2 rings (SSSR count). The fraction of sp³-hybridized carbons (Fsp3) is 0.636. The Labute approximate surface area is 101 Å². The van der Waals surface area contributed by atoms with E-state index in [1.54, 1.807) is 0 Å². The number of H-pyrrole nitrogens is 1. The lowest BCUT2D eigenvalue weighted by atomic mass is 10.1. The van der Waals surface area contributed by atoms with Crippen molar-refractivity contribution in [1.29, 1.82) is 0 Å². The molecule has 5 heteroatoms. The van der Waals surface area contributed by atoms with Gasteiger partial charge in [-0.15, -0.1) is 0 Å². The molecule has 0 radical (unpaired) electrons. The normalized spacial score (nSPS) is 22.8. The van der Waals surface area contributed by atoms with Gasteiger partial charge in [-0.2, -0.15) is 17.7 Å². The van der Waals surface area contributed by atoms with E-state index in [-0.39, 0.29) is 17.2 Å². The number of aromatic nitrogens is 2. The molecule has 1 amide bonds. The number of carbonyl (C=O) groups excluding carboxylic acids is 1. The van der Waals surface area contributed by atoms with Gasteiger partial charge >= 0.3 is 0 Å². The molecule has 0 spiro atoms. The molecule has 0 saturated carbocycles. The van der Waals surface area contributed by atoms with Crippen LogP contribution in [0.3, 0.4) is 0 Å². The first-order chi connectivity index (χ1) is 7.56. The van der Waals surface area contributed by atoms with Crippen LogP contribution in [0.4, 0.5) is 0 Å². The van der Waals surface area contributed by atoms with E-state index in [0.29, 0.717) is 6.42 Å². The van der Waals surface area contributed by atoms with Crippen molar-refractivity contribution >= 4 is 18.5 Å². The Hall–Kier alpha value is -0.970. The number of hydrogen-bond donors (Lipinski definition) is 2. The first-order valence-corrected chi connectivity index (χ1v) is 6.06. The Bertz CT molecular complexity index is 390. The minimum absolute atomic E-state index is 0.191. The highest BCUT2D eigenvalue weighted by Gasteiger charge is 2.30. The minimum Gasteiger partial charge on any atom is -0.338 e. The second-order valence-corrected chi connectivity index (χ2v) is 5.23. The topological polar surface area (TPSA) is 49.0 Å². The molecule has 0 bridgehead atoms. The fourth-order valence-electron chi connectivity index (χ4n) is 2.13. The second kappa shape index (κ2) is 4.49. The third-order valence-electron chi connectivity index (χ3n) is 2.93. The fourth-order valence-corrected chi connectivity index (χ4v) is 2.46. The molecule has 1 aliphatic heterocycles. The molecule has 1 aromatic rings. The van der Waals surface area contributed by atoms with Gasteiger partial charge in [0.15, 0.2) is 0 Å². The van der Waals surface area contributed by atoms with Crippen LogP contribution in [-0.2, 0) is 11.2 Å². The highest BCUT2D eigenvalue weighted by Crippen LogP contribution is 2.20. The Morgan fingerprint density at radius 2 is 2.50 bits per heavy atom. The van der Waals surface area contributed by atoms with E-state index in [9.17, 15) is 4.79 Å². The number of thiol groups is 1. The summed E-state index contributed by atoms with van der Waals surface area (Å²) in [5, 5.41) is 7.30. The predicted octanol–water partition coefficient (Wildman–Crippen LogP) is 1.18. The summed E-state index contributed by atoms with van der Waals surface area (Å²) in [4.78, 5) is 13.6. The van der Waals surface area contributed by atoms with Crippen LogP contribution in [-0.4, -0.2) is 38.8 Å². The summed E-state index contributed by atoms with van der Waals surface area (Å²) in [5.74, 6) is 0.208. The quantitative estimate of drug-likeness (QED) is 0.778. The molecule has 1 aliphatic rings. The van der Waals surface area contributed by atoms with Crippen LogP contribution in [0.15, 0.2) is 6.07 Å². The summed E-state index contributed by atoms with van der Waals surface area (Å²) in [5.41, 5.74) is 2.07. The second-order valence-electron chi connectivity index (χ2n) is 4.50. The van der Waals surface area contributed by atoms with Crippen molar-refractivity contribution in [2.75, 3.05) is 6.54 Å². The number of aryl methyl sites for hydroxylation is 1. The largest absolute Gasteiger partial charge is 0.338 e. The van der Waals surface area contributed by atoms with Crippen LogP contribution in [0, 0.1) is 6.92 Å². The SMILES string of the molecule is Cc1cc(CC(C)N2CC(S)CC2=O)n[nH]1. The predicted molar refractivity (Wildman–Crippen MR) is 65.6 cm³/mol. The molecule has 1 aromatic heterocycles. The highest BCUT2D eigenvalue weighted by molar-refractivity contribution is 7.81. The summed E-state index contributed by atoms with van der Waals surface area (Å²) < 4.78 is 0. The third-order valence-corrected chi connectivity index (χ3v) is 3.28. The van der Waals surface area contributed by atoms with Crippen molar-refractivity contribution < 1.29 is 4.79 Å². The van der Waals surface area contributed by atoms with Gasteiger partial charge in [0.2, 0.25) is 5.91 Å². The van der Waals surface area contributed by atoms with Gasteiger partial charge in [0.1, 0.15) is 0 Å². The van der Waals surface area contributed by atoms with Crippen LogP contribution in [0.5, 0.6) is 0 Å². The van der Waals surface area contributed by atoms with Crippen molar-refractivity contribution in [3.8, 4) is 0 Å². The van der Waals surface area contributed by atoms with Gasteiger partial charge < -0.3 is 4.90 Å². The lowest BCUT2D eigenvalue weighted by Gasteiger charge is -2.23. The van der Waals surface area contributed by atoms with E-state index < -0.39 is 0 Å². The molecule has 88 valence electrons. The monoisotopic (exact) mass is 239 g/mol. The molecule has 0 aliphatic carbocycles. The van der Waals surface area contributed by atoms with Gasteiger partial charge in [-0.3, -0.25) is 9.89 Å². The Kier molecular flexibility index (Phi) is 3.23. The Morgan fingerprint density at radius 1 is 1.75 bits per heavy atom. The molecule has 16 heavy (non-hydrogen) atoms. The zero-order chi connectivity index (χ0) is 11.7. The summed E-state index contributed by atoms with van der Waals surface area (Å²) in [7, 11) is 0. The van der Waals surface area contributed by atoms with Gasteiger partial charge in [0, 0.05) is 36.4 Å². The lowest BCUT2D eigenvalue weighted by molar-refractivity contribution is -0.129. The van der Waals surface area contributed by atoms with E-state index >= 15 is 0 Å². The van der Waals surface area contributed by atoms with Gasteiger partial charge in [0.25, 0.3) is 0 Å².